The molecule has 2 unspecified atom stereocenters. The summed E-state index contributed by atoms with van der Waals surface area (Å²) in [6, 6.07) is 4.57. The van der Waals surface area contributed by atoms with Gasteiger partial charge in [-0.1, -0.05) is 31.4 Å². The number of aliphatic hydroxyl groups is 1. The number of hydrogen-bond donors (Lipinski definition) is 1. The molecule has 0 aliphatic heterocycles. The number of allylic oxidation sites excluding steroid dienone is 1. The Hall–Kier alpha value is -1.02. The molecule has 0 bridgehead atoms. The predicted molar refractivity (Wildman–Crippen MR) is 70.9 cm³/mol. The van der Waals surface area contributed by atoms with Crippen LogP contribution < -0.4 is 0 Å². The summed E-state index contributed by atoms with van der Waals surface area (Å²) < 4.78 is 2.27. The van der Waals surface area contributed by atoms with Crippen LogP contribution >= 0.6 is 0 Å². The SMILES string of the molecule is CC(O)/C=C/C(C1CCCCC1)n1cccc1. The van der Waals surface area contributed by atoms with Gasteiger partial charge in [0.05, 0.1) is 12.1 Å². The van der Waals surface area contributed by atoms with Crippen molar-refractivity contribution in [2.45, 2.75) is 51.2 Å². The third-order valence-electron chi connectivity index (χ3n) is 3.69. The van der Waals surface area contributed by atoms with Crippen molar-refractivity contribution < 1.29 is 5.11 Å². The molecule has 1 fully saturated rings. The first kappa shape index (κ1) is 12.4. The fraction of sp³-hybridized carbons (Fsp3) is 0.600. The van der Waals surface area contributed by atoms with Gasteiger partial charge in [0.2, 0.25) is 0 Å². The first-order valence-electron chi connectivity index (χ1n) is 6.76. The highest BCUT2D eigenvalue weighted by Gasteiger charge is 2.22. The monoisotopic (exact) mass is 233 g/mol. The van der Waals surface area contributed by atoms with Gasteiger partial charge in [-0.2, -0.15) is 0 Å². The average molecular weight is 233 g/mol. The summed E-state index contributed by atoms with van der Waals surface area (Å²) in [6.45, 7) is 1.81. The Morgan fingerprint density at radius 3 is 2.35 bits per heavy atom. The van der Waals surface area contributed by atoms with Gasteiger partial charge in [-0.25, -0.2) is 0 Å². The zero-order valence-corrected chi connectivity index (χ0v) is 10.6. The van der Waals surface area contributed by atoms with Crippen LogP contribution in [0, 0.1) is 5.92 Å². The van der Waals surface area contributed by atoms with Crippen LogP contribution in [-0.4, -0.2) is 15.8 Å². The summed E-state index contributed by atoms with van der Waals surface area (Å²) >= 11 is 0. The van der Waals surface area contributed by atoms with Crippen LogP contribution in [0.2, 0.25) is 0 Å². The van der Waals surface area contributed by atoms with E-state index in [1.807, 2.05) is 13.0 Å². The van der Waals surface area contributed by atoms with Gasteiger partial charge in [-0.05, 0) is 37.8 Å². The molecule has 2 heteroatoms. The predicted octanol–water partition coefficient (Wildman–Crippen LogP) is 3.55. The van der Waals surface area contributed by atoms with Gasteiger partial charge >= 0.3 is 0 Å². The summed E-state index contributed by atoms with van der Waals surface area (Å²) in [7, 11) is 0. The Balaban J connectivity index is 2.11. The zero-order valence-electron chi connectivity index (χ0n) is 10.6. The number of hydrogen-bond acceptors (Lipinski definition) is 1. The normalized spacial score (nSPS) is 21.8. The first-order chi connectivity index (χ1) is 8.27. The number of aromatic nitrogens is 1. The Morgan fingerprint density at radius 2 is 1.76 bits per heavy atom. The topological polar surface area (TPSA) is 25.2 Å². The summed E-state index contributed by atoms with van der Waals surface area (Å²) in [4.78, 5) is 0. The van der Waals surface area contributed by atoms with Crippen molar-refractivity contribution in [1.82, 2.24) is 4.57 Å². The quantitative estimate of drug-likeness (QED) is 0.790. The van der Waals surface area contributed by atoms with Crippen LogP contribution in [0.25, 0.3) is 0 Å². The number of aliphatic hydroxyl groups excluding tert-OH is 1. The van der Waals surface area contributed by atoms with E-state index in [4.69, 9.17) is 0 Å². The van der Waals surface area contributed by atoms with Crippen LogP contribution in [0.3, 0.4) is 0 Å². The molecule has 0 amide bonds. The van der Waals surface area contributed by atoms with Crippen LogP contribution in [0.4, 0.5) is 0 Å². The van der Waals surface area contributed by atoms with Gasteiger partial charge in [-0.3, -0.25) is 0 Å². The lowest BCUT2D eigenvalue weighted by Crippen LogP contribution is -2.19. The second kappa shape index (κ2) is 6.06. The molecule has 1 aliphatic rings. The number of nitrogens with zero attached hydrogens (tertiary/aromatic N) is 1. The minimum Gasteiger partial charge on any atom is -0.389 e. The molecule has 0 saturated heterocycles. The molecule has 0 radical (unpaired) electrons. The van der Waals surface area contributed by atoms with E-state index in [-0.39, 0.29) is 6.10 Å². The number of rotatable bonds is 4. The molecule has 1 aliphatic carbocycles. The average Bonchev–Trinajstić information content (AvgIpc) is 2.84. The van der Waals surface area contributed by atoms with E-state index in [2.05, 4.69) is 35.2 Å². The molecular weight excluding hydrogens is 210 g/mol. The second-order valence-corrected chi connectivity index (χ2v) is 5.14. The largest absolute Gasteiger partial charge is 0.389 e. The fourth-order valence-electron chi connectivity index (χ4n) is 2.80. The molecule has 17 heavy (non-hydrogen) atoms. The molecule has 1 aromatic heterocycles. The van der Waals surface area contributed by atoms with Crippen molar-refractivity contribution in [3.05, 3.63) is 36.7 Å². The van der Waals surface area contributed by atoms with Crippen molar-refractivity contribution in [2.75, 3.05) is 0 Å². The molecule has 1 aromatic rings. The van der Waals surface area contributed by atoms with E-state index in [9.17, 15) is 5.11 Å². The van der Waals surface area contributed by atoms with E-state index in [0.29, 0.717) is 6.04 Å². The van der Waals surface area contributed by atoms with Crippen LogP contribution in [0.1, 0.15) is 45.1 Å². The molecule has 0 aromatic carbocycles. The molecular formula is C15H23NO. The lowest BCUT2D eigenvalue weighted by atomic mass is 9.83. The summed E-state index contributed by atoms with van der Waals surface area (Å²) in [6.07, 6.45) is 14.7. The van der Waals surface area contributed by atoms with Gasteiger partial charge in [0.25, 0.3) is 0 Å². The minimum atomic E-state index is -0.350. The van der Waals surface area contributed by atoms with Crippen molar-refractivity contribution in [3.63, 3.8) is 0 Å². The van der Waals surface area contributed by atoms with E-state index < -0.39 is 0 Å². The van der Waals surface area contributed by atoms with Crippen LogP contribution in [0.15, 0.2) is 36.7 Å². The summed E-state index contributed by atoms with van der Waals surface area (Å²) in [5.41, 5.74) is 0. The minimum absolute atomic E-state index is 0.350. The van der Waals surface area contributed by atoms with Gasteiger partial charge in [0.15, 0.2) is 0 Å². The standard InChI is InChI=1S/C15H23NO/c1-13(17)9-10-15(16-11-5-6-12-16)14-7-3-2-4-8-14/h5-6,9-15,17H,2-4,7-8H2,1H3/b10-9+. The highest BCUT2D eigenvalue weighted by atomic mass is 16.3. The molecule has 1 N–H and O–H groups in total. The summed E-state index contributed by atoms with van der Waals surface area (Å²) in [5.74, 6) is 0.728. The van der Waals surface area contributed by atoms with Gasteiger partial charge < -0.3 is 9.67 Å². The maximum absolute atomic E-state index is 9.40. The van der Waals surface area contributed by atoms with Crippen molar-refractivity contribution in [3.8, 4) is 0 Å². The van der Waals surface area contributed by atoms with Gasteiger partial charge in [-0.15, -0.1) is 0 Å². The van der Waals surface area contributed by atoms with E-state index >= 15 is 0 Å². The molecule has 2 rings (SSSR count). The smallest absolute Gasteiger partial charge is 0.0693 e. The molecule has 1 saturated carbocycles. The van der Waals surface area contributed by atoms with Crippen LogP contribution in [0.5, 0.6) is 0 Å². The Morgan fingerprint density at radius 1 is 1.12 bits per heavy atom. The van der Waals surface area contributed by atoms with Gasteiger partial charge in [0, 0.05) is 12.4 Å². The van der Waals surface area contributed by atoms with E-state index in [0.717, 1.165) is 5.92 Å². The zero-order chi connectivity index (χ0) is 12.1. The highest BCUT2D eigenvalue weighted by Crippen LogP contribution is 2.33. The van der Waals surface area contributed by atoms with Crippen molar-refractivity contribution >= 4 is 0 Å². The molecule has 94 valence electrons. The van der Waals surface area contributed by atoms with Crippen molar-refractivity contribution in [2.24, 2.45) is 5.92 Å². The van der Waals surface area contributed by atoms with Crippen LogP contribution in [-0.2, 0) is 0 Å². The van der Waals surface area contributed by atoms with Crippen molar-refractivity contribution in [1.29, 1.82) is 0 Å². The Bertz CT molecular complexity index is 334. The Kier molecular flexibility index (Phi) is 4.43. The lowest BCUT2D eigenvalue weighted by molar-refractivity contribution is 0.240. The van der Waals surface area contributed by atoms with E-state index in [1.165, 1.54) is 32.1 Å². The third-order valence-corrected chi connectivity index (χ3v) is 3.69. The van der Waals surface area contributed by atoms with Gasteiger partial charge in [0.1, 0.15) is 0 Å². The maximum Gasteiger partial charge on any atom is 0.0693 e. The summed E-state index contributed by atoms with van der Waals surface area (Å²) in [5, 5.41) is 9.40. The third kappa shape index (κ3) is 3.47. The molecule has 2 atom stereocenters. The first-order valence-corrected chi connectivity index (χ1v) is 6.76. The molecule has 1 heterocycles. The molecule has 0 spiro atoms. The molecule has 2 nitrogen and oxygen atoms in total. The fourth-order valence-corrected chi connectivity index (χ4v) is 2.80. The van der Waals surface area contributed by atoms with E-state index in [1.54, 1.807) is 0 Å². The lowest BCUT2D eigenvalue weighted by Gasteiger charge is -2.29. The second-order valence-electron chi connectivity index (χ2n) is 5.14. The Labute approximate surface area is 104 Å². The highest BCUT2D eigenvalue weighted by molar-refractivity contribution is 5.03. The maximum atomic E-state index is 9.40.